The zero-order chi connectivity index (χ0) is 18.1. The number of carbonyl (C=O) groups excluding carboxylic acids is 2. The van der Waals surface area contributed by atoms with Gasteiger partial charge in [0.15, 0.2) is 0 Å². The summed E-state index contributed by atoms with van der Waals surface area (Å²) in [5, 5.41) is 3.48. The second-order valence-corrected chi connectivity index (χ2v) is 8.26. The second kappa shape index (κ2) is 7.03. The topological polar surface area (TPSA) is 52.7 Å². The molecule has 1 aromatic carbocycles. The van der Waals surface area contributed by atoms with Gasteiger partial charge in [0, 0.05) is 33.1 Å². The molecule has 1 N–H and O–H groups in total. The molecule has 0 saturated carbocycles. The summed E-state index contributed by atoms with van der Waals surface area (Å²) in [6.07, 6.45) is 4.57. The van der Waals surface area contributed by atoms with Crippen LogP contribution in [0.3, 0.4) is 0 Å². The number of benzene rings is 1. The summed E-state index contributed by atoms with van der Waals surface area (Å²) >= 11 is 0. The molecule has 0 aromatic heterocycles. The van der Waals surface area contributed by atoms with E-state index in [1.807, 2.05) is 37.4 Å². The molecule has 2 atom stereocenters. The Labute approximate surface area is 155 Å². The first kappa shape index (κ1) is 17.5. The molecule has 1 aromatic rings. The van der Waals surface area contributed by atoms with Gasteiger partial charge in [0.2, 0.25) is 11.8 Å². The third-order valence-corrected chi connectivity index (χ3v) is 6.79. The van der Waals surface area contributed by atoms with E-state index in [1.165, 1.54) is 6.42 Å². The second-order valence-electron chi connectivity index (χ2n) is 8.26. The SMILES string of the molecule is CN1C(=O)CCC(C(=O)N2CCC3(CCNC3)CC2)C1c1ccccc1. The Morgan fingerprint density at radius 1 is 1.15 bits per heavy atom. The van der Waals surface area contributed by atoms with Crippen molar-refractivity contribution in [1.82, 2.24) is 15.1 Å². The van der Waals surface area contributed by atoms with E-state index in [-0.39, 0.29) is 23.8 Å². The fourth-order valence-electron chi connectivity index (χ4n) is 5.06. The number of amides is 2. The van der Waals surface area contributed by atoms with Gasteiger partial charge in [0.05, 0.1) is 12.0 Å². The van der Waals surface area contributed by atoms with Crippen molar-refractivity contribution >= 4 is 11.8 Å². The average Bonchev–Trinajstić information content (AvgIpc) is 3.12. The molecule has 3 saturated heterocycles. The minimum atomic E-state index is -0.144. The summed E-state index contributed by atoms with van der Waals surface area (Å²) in [5.74, 6) is 0.243. The molecule has 5 heteroatoms. The van der Waals surface area contributed by atoms with Gasteiger partial charge in [0.1, 0.15) is 0 Å². The maximum absolute atomic E-state index is 13.4. The highest BCUT2D eigenvalue weighted by Gasteiger charge is 2.43. The standard InChI is InChI=1S/C21H29N3O2/c1-23-18(25)8-7-17(19(23)16-5-3-2-4-6-16)20(26)24-13-10-21(11-14-24)9-12-22-15-21/h2-6,17,19,22H,7-15H2,1H3. The summed E-state index contributed by atoms with van der Waals surface area (Å²) in [5.41, 5.74) is 1.48. The third kappa shape index (κ3) is 3.13. The van der Waals surface area contributed by atoms with E-state index in [0.29, 0.717) is 18.3 Å². The highest BCUT2D eigenvalue weighted by Crippen LogP contribution is 2.40. The first-order valence-corrected chi connectivity index (χ1v) is 9.90. The largest absolute Gasteiger partial charge is 0.342 e. The van der Waals surface area contributed by atoms with Crippen LogP contribution in [-0.4, -0.2) is 54.8 Å². The van der Waals surface area contributed by atoms with Gasteiger partial charge < -0.3 is 15.1 Å². The molecule has 5 nitrogen and oxygen atoms in total. The first-order valence-electron chi connectivity index (χ1n) is 9.90. The van der Waals surface area contributed by atoms with Gasteiger partial charge in [0.25, 0.3) is 0 Å². The molecule has 26 heavy (non-hydrogen) atoms. The molecule has 2 amide bonds. The number of likely N-dealkylation sites (tertiary alicyclic amines) is 2. The van der Waals surface area contributed by atoms with Gasteiger partial charge in [-0.15, -0.1) is 0 Å². The van der Waals surface area contributed by atoms with Crippen LogP contribution in [0.5, 0.6) is 0 Å². The predicted molar refractivity (Wildman–Crippen MR) is 100 cm³/mol. The monoisotopic (exact) mass is 355 g/mol. The smallest absolute Gasteiger partial charge is 0.228 e. The lowest BCUT2D eigenvalue weighted by atomic mass is 9.77. The van der Waals surface area contributed by atoms with Crippen LogP contribution in [0, 0.1) is 11.3 Å². The van der Waals surface area contributed by atoms with Crippen LogP contribution >= 0.6 is 0 Å². The average molecular weight is 355 g/mol. The van der Waals surface area contributed by atoms with Gasteiger partial charge in [-0.05, 0) is 43.2 Å². The van der Waals surface area contributed by atoms with E-state index in [0.717, 1.165) is 44.6 Å². The molecule has 3 heterocycles. The minimum absolute atomic E-state index is 0.129. The summed E-state index contributed by atoms with van der Waals surface area (Å²) in [7, 11) is 1.84. The van der Waals surface area contributed by atoms with Crippen molar-refractivity contribution < 1.29 is 9.59 Å². The molecule has 140 valence electrons. The highest BCUT2D eigenvalue weighted by atomic mass is 16.2. The van der Waals surface area contributed by atoms with Crippen LogP contribution in [0.2, 0.25) is 0 Å². The molecule has 1 spiro atoms. The van der Waals surface area contributed by atoms with E-state index in [2.05, 4.69) is 10.2 Å². The van der Waals surface area contributed by atoms with Crippen molar-refractivity contribution in [3.05, 3.63) is 35.9 Å². The number of carbonyl (C=O) groups is 2. The van der Waals surface area contributed by atoms with Crippen LogP contribution in [0.15, 0.2) is 30.3 Å². The maximum atomic E-state index is 13.4. The van der Waals surface area contributed by atoms with Gasteiger partial charge in [-0.3, -0.25) is 9.59 Å². The fourth-order valence-corrected chi connectivity index (χ4v) is 5.06. The van der Waals surface area contributed by atoms with Crippen LogP contribution < -0.4 is 5.32 Å². The first-order chi connectivity index (χ1) is 12.6. The number of hydrogen-bond acceptors (Lipinski definition) is 3. The molecule has 3 fully saturated rings. The Balaban J connectivity index is 1.51. The molecule has 0 bridgehead atoms. The van der Waals surface area contributed by atoms with Gasteiger partial charge in [-0.2, -0.15) is 0 Å². The summed E-state index contributed by atoms with van der Waals surface area (Å²) in [4.78, 5) is 29.5. The van der Waals surface area contributed by atoms with Crippen LogP contribution in [0.25, 0.3) is 0 Å². The molecule has 3 aliphatic heterocycles. The number of hydrogen-bond donors (Lipinski definition) is 1. The van der Waals surface area contributed by atoms with E-state index in [4.69, 9.17) is 0 Å². The Kier molecular flexibility index (Phi) is 4.74. The minimum Gasteiger partial charge on any atom is -0.342 e. The van der Waals surface area contributed by atoms with Gasteiger partial charge >= 0.3 is 0 Å². The number of nitrogens with zero attached hydrogens (tertiary/aromatic N) is 2. The van der Waals surface area contributed by atoms with Crippen LogP contribution in [0.4, 0.5) is 0 Å². The van der Waals surface area contributed by atoms with Crippen molar-refractivity contribution in [2.75, 3.05) is 33.2 Å². The van der Waals surface area contributed by atoms with Crippen molar-refractivity contribution in [1.29, 1.82) is 0 Å². The molecular formula is C21H29N3O2. The van der Waals surface area contributed by atoms with Crippen molar-refractivity contribution in [2.24, 2.45) is 11.3 Å². The Morgan fingerprint density at radius 3 is 2.54 bits per heavy atom. The lowest BCUT2D eigenvalue weighted by Crippen LogP contribution is -2.51. The van der Waals surface area contributed by atoms with Gasteiger partial charge in [-0.25, -0.2) is 0 Å². The van der Waals surface area contributed by atoms with Crippen molar-refractivity contribution in [3.63, 3.8) is 0 Å². The highest BCUT2D eigenvalue weighted by molar-refractivity contribution is 5.85. The third-order valence-electron chi connectivity index (χ3n) is 6.79. The summed E-state index contributed by atoms with van der Waals surface area (Å²) in [6.45, 7) is 3.92. The fraction of sp³-hybridized carbons (Fsp3) is 0.619. The van der Waals surface area contributed by atoms with E-state index >= 15 is 0 Å². The Morgan fingerprint density at radius 2 is 1.88 bits per heavy atom. The zero-order valence-electron chi connectivity index (χ0n) is 15.6. The summed E-state index contributed by atoms with van der Waals surface area (Å²) in [6, 6.07) is 9.88. The van der Waals surface area contributed by atoms with Crippen molar-refractivity contribution in [2.45, 2.75) is 38.1 Å². The molecule has 4 rings (SSSR count). The predicted octanol–water partition coefficient (Wildman–Crippen LogP) is 2.20. The molecule has 2 unspecified atom stereocenters. The summed E-state index contributed by atoms with van der Waals surface area (Å²) < 4.78 is 0. The zero-order valence-corrected chi connectivity index (χ0v) is 15.6. The lowest BCUT2D eigenvalue weighted by Gasteiger charge is -2.44. The molecule has 0 radical (unpaired) electrons. The van der Waals surface area contributed by atoms with Gasteiger partial charge in [-0.1, -0.05) is 30.3 Å². The maximum Gasteiger partial charge on any atom is 0.228 e. The Bertz CT molecular complexity index is 659. The molecule has 3 aliphatic rings. The number of piperidine rings is 2. The van der Waals surface area contributed by atoms with E-state index in [9.17, 15) is 9.59 Å². The number of nitrogens with one attached hydrogen (secondary N) is 1. The number of rotatable bonds is 2. The van der Waals surface area contributed by atoms with Crippen LogP contribution in [-0.2, 0) is 9.59 Å². The lowest BCUT2D eigenvalue weighted by molar-refractivity contribution is -0.148. The molecule has 0 aliphatic carbocycles. The normalized spacial score (nSPS) is 28.6. The van der Waals surface area contributed by atoms with Crippen molar-refractivity contribution in [3.8, 4) is 0 Å². The Hall–Kier alpha value is -1.88. The molecular weight excluding hydrogens is 326 g/mol. The van der Waals surface area contributed by atoms with Crippen LogP contribution in [0.1, 0.15) is 43.7 Å². The van der Waals surface area contributed by atoms with E-state index in [1.54, 1.807) is 4.90 Å². The quantitative estimate of drug-likeness (QED) is 0.885. The van der Waals surface area contributed by atoms with E-state index < -0.39 is 0 Å².